The Bertz CT molecular complexity index is 693. The van der Waals surface area contributed by atoms with E-state index in [2.05, 4.69) is 12.1 Å². The number of halogens is 1. The Labute approximate surface area is 147 Å². The number of nitrogens with zero attached hydrogens (tertiary/aromatic N) is 1. The summed E-state index contributed by atoms with van der Waals surface area (Å²) < 4.78 is 5.56. The summed E-state index contributed by atoms with van der Waals surface area (Å²) in [5.74, 6) is 1.14. The number of nitrogens with two attached hydrogens (primary N) is 1. The molecule has 1 saturated heterocycles. The molecule has 1 aliphatic rings. The maximum Gasteiger partial charge on any atom is 0.260 e. The summed E-state index contributed by atoms with van der Waals surface area (Å²) in [4.78, 5) is 14.3. The molecule has 5 heteroatoms. The van der Waals surface area contributed by atoms with E-state index in [0.29, 0.717) is 30.4 Å². The van der Waals surface area contributed by atoms with Crippen LogP contribution in [0.15, 0.2) is 54.6 Å². The molecule has 1 heterocycles. The fraction of sp³-hybridized carbons (Fsp3) is 0.316. The molecule has 0 saturated carbocycles. The van der Waals surface area contributed by atoms with Crippen molar-refractivity contribution >= 4 is 17.5 Å². The maximum atomic E-state index is 12.5. The highest BCUT2D eigenvalue weighted by Crippen LogP contribution is 2.32. The Morgan fingerprint density at radius 3 is 2.67 bits per heavy atom. The lowest BCUT2D eigenvalue weighted by Crippen LogP contribution is -2.33. The summed E-state index contributed by atoms with van der Waals surface area (Å²) in [6.45, 7) is 1.94. The number of likely N-dealkylation sites (tertiary alicyclic amines) is 1. The van der Waals surface area contributed by atoms with Crippen LogP contribution in [0, 0.1) is 5.92 Å². The molecule has 2 atom stereocenters. The summed E-state index contributed by atoms with van der Waals surface area (Å²) in [6, 6.07) is 17.3. The Morgan fingerprint density at radius 2 is 1.96 bits per heavy atom. The van der Waals surface area contributed by atoms with Crippen LogP contribution >= 0.6 is 11.6 Å². The third kappa shape index (κ3) is 3.89. The number of hydrogen-bond donors (Lipinski definition) is 1. The standard InChI is InChI=1S/C19H21ClN2O2/c20-16-7-4-8-17(9-16)24-13-19(23)22-11-15(10-21)18(12-22)14-5-2-1-3-6-14/h1-9,15,18H,10-13,21H2/t15-,18+/m1/s1. The number of ether oxygens (including phenoxy) is 1. The van der Waals surface area contributed by atoms with Gasteiger partial charge in [-0.15, -0.1) is 0 Å². The van der Waals surface area contributed by atoms with Gasteiger partial charge in [0, 0.05) is 24.0 Å². The van der Waals surface area contributed by atoms with Gasteiger partial charge in [0.2, 0.25) is 0 Å². The predicted octanol–water partition coefficient (Wildman–Crippen LogP) is 2.92. The van der Waals surface area contributed by atoms with Crippen molar-refractivity contribution in [3.8, 4) is 5.75 Å². The van der Waals surface area contributed by atoms with Gasteiger partial charge in [-0.3, -0.25) is 4.79 Å². The average Bonchev–Trinajstić information content (AvgIpc) is 3.05. The lowest BCUT2D eigenvalue weighted by molar-refractivity contribution is -0.132. The molecular formula is C19H21ClN2O2. The summed E-state index contributed by atoms with van der Waals surface area (Å²) in [7, 11) is 0. The Kier molecular flexibility index (Phi) is 5.38. The molecule has 1 aliphatic heterocycles. The monoisotopic (exact) mass is 344 g/mol. The summed E-state index contributed by atoms with van der Waals surface area (Å²) in [6.07, 6.45) is 0. The van der Waals surface area contributed by atoms with Gasteiger partial charge in [-0.1, -0.05) is 48.0 Å². The van der Waals surface area contributed by atoms with E-state index < -0.39 is 0 Å². The zero-order valence-corrected chi connectivity index (χ0v) is 14.2. The molecule has 0 bridgehead atoms. The second kappa shape index (κ2) is 7.69. The van der Waals surface area contributed by atoms with E-state index in [1.807, 2.05) is 23.1 Å². The largest absolute Gasteiger partial charge is 0.484 e. The number of rotatable bonds is 5. The number of benzene rings is 2. The third-order valence-electron chi connectivity index (χ3n) is 4.48. The summed E-state index contributed by atoms with van der Waals surface area (Å²) in [5.41, 5.74) is 7.16. The molecule has 126 valence electrons. The van der Waals surface area contributed by atoms with E-state index in [9.17, 15) is 4.79 Å². The van der Waals surface area contributed by atoms with Gasteiger partial charge in [0.05, 0.1) is 0 Å². The molecule has 0 radical (unpaired) electrons. The normalized spacial score (nSPS) is 20.2. The molecule has 0 aromatic heterocycles. The Morgan fingerprint density at radius 1 is 1.17 bits per heavy atom. The van der Waals surface area contributed by atoms with Crippen LogP contribution in [-0.2, 0) is 4.79 Å². The average molecular weight is 345 g/mol. The summed E-state index contributed by atoms with van der Waals surface area (Å²) in [5, 5.41) is 0.591. The first-order chi connectivity index (χ1) is 11.7. The first-order valence-corrected chi connectivity index (χ1v) is 8.46. The first kappa shape index (κ1) is 16.8. The zero-order valence-electron chi connectivity index (χ0n) is 13.4. The molecule has 1 amide bonds. The number of carbonyl (C=O) groups is 1. The van der Waals surface area contributed by atoms with Gasteiger partial charge in [-0.25, -0.2) is 0 Å². The minimum absolute atomic E-state index is 0.0130. The topological polar surface area (TPSA) is 55.6 Å². The van der Waals surface area contributed by atoms with Crippen LogP contribution in [0.4, 0.5) is 0 Å². The van der Waals surface area contributed by atoms with Gasteiger partial charge >= 0.3 is 0 Å². The molecular weight excluding hydrogens is 324 g/mol. The Balaban J connectivity index is 1.61. The van der Waals surface area contributed by atoms with Crippen LogP contribution in [-0.4, -0.2) is 37.0 Å². The van der Waals surface area contributed by atoms with E-state index in [1.165, 1.54) is 5.56 Å². The number of carbonyl (C=O) groups excluding carboxylic acids is 1. The minimum Gasteiger partial charge on any atom is -0.484 e. The minimum atomic E-state index is -0.0214. The van der Waals surface area contributed by atoms with Crippen LogP contribution in [0.1, 0.15) is 11.5 Å². The molecule has 24 heavy (non-hydrogen) atoms. The lowest BCUT2D eigenvalue weighted by Gasteiger charge is -2.17. The highest BCUT2D eigenvalue weighted by Gasteiger charge is 2.35. The molecule has 2 aromatic carbocycles. The second-order valence-corrected chi connectivity index (χ2v) is 6.49. The molecule has 0 unspecified atom stereocenters. The predicted molar refractivity (Wildman–Crippen MR) is 95.3 cm³/mol. The highest BCUT2D eigenvalue weighted by molar-refractivity contribution is 6.30. The van der Waals surface area contributed by atoms with E-state index in [0.717, 1.165) is 0 Å². The van der Waals surface area contributed by atoms with E-state index >= 15 is 0 Å². The van der Waals surface area contributed by atoms with Crippen molar-refractivity contribution in [1.29, 1.82) is 0 Å². The number of amides is 1. The van der Waals surface area contributed by atoms with Crippen molar-refractivity contribution in [1.82, 2.24) is 4.90 Å². The quantitative estimate of drug-likeness (QED) is 0.907. The third-order valence-corrected chi connectivity index (χ3v) is 4.72. The van der Waals surface area contributed by atoms with Gasteiger partial charge in [-0.05, 0) is 36.2 Å². The maximum absolute atomic E-state index is 12.5. The molecule has 2 aromatic rings. The second-order valence-electron chi connectivity index (χ2n) is 6.06. The summed E-state index contributed by atoms with van der Waals surface area (Å²) >= 11 is 5.92. The smallest absolute Gasteiger partial charge is 0.260 e. The van der Waals surface area contributed by atoms with E-state index in [1.54, 1.807) is 24.3 Å². The molecule has 3 rings (SSSR count). The van der Waals surface area contributed by atoms with Gasteiger partial charge in [0.15, 0.2) is 6.61 Å². The molecule has 0 aliphatic carbocycles. The highest BCUT2D eigenvalue weighted by atomic mass is 35.5. The number of hydrogen-bond acceptors (Lipinski definition) is 3. The van der Waals surface area contributed by atoms with Crippen molar-refractivity contribution < 1.29 is 9.53 Å². The van der Waals surface area contributed by atoms with Crippen molar-refractivity contribution in [3.63, 3.8) is 0 Å². The van der Waals surface area contributed by atoms with Gasteiger partial charge < -0.3 is 15.4 Å². The zero-order chi connectivity index (χ0) is 16.9. The van der Waals surface area contributed by atoms with E-state index in [4.69, 9.17) is 22.1 Å². The lowest BCUT2D eigenvalue weighted by atomic mass is 9.89. The van der Waals surface area contributed by atoms with Crippen LogP contribution in [0.5, 0.6) is 5.75 Å². The fourth-order valence-electron chi connectivity index (χ4n) is 3.18. The van der Waals surface area contributed by atoms with Gasteiger partial charge in [-0.2, -0.15) is 0 Å². The van der Waals surface area contributed by atoms with E-state index in [-0.39, 0.29) is 24.3 Å². The van der Waals surface area contributed by atoms with Crippen molar-refractivity contribution in [2.45, 2.75) is 5.92 Å². The first-order valence-electron chi connectivity index (χ1n) is 8.08. The van der Waals surface area contributed by atoms with Crippen LogP contribution in [0.2, 0.25) is 5.02 Å². The molecule has 0 spiro atoms. The van der Waals surface area contributed by atoms with Crippen molar-refractivity contribution in [2.75, 3.05) is 26.2 Å². The van der Waals surface area contributed by atoms with Crippen LogP contribution in [0.25, 0.3) is 0 Å². The van der Waals surface area contributed by atoms with Gasteiger partial charge in [0.1, 0.15) is 5.75 Å². The van der Waals surface area contributed by atoms with Crippen molar-refractivity contribution in [3.05, 3.63) is 65.2 Å². The van der Waals surface area contributed by atoms with Crippen LogP contribution < -0.4 is 10.5 Å². The molecule has 4 nitrogen and oxygen atoms in total. The van der Waals surface area contributed by atoms with Crippen molar-refractivity contribution in [2.24, 2.45) is 11.7 Å². The Hall–Kier alpha value is -2.04. The molecule has 1 fully saturated rings. The van der Waals surface area contributed by atoms with Gasteiger partial charge in [0.25, 0.3) is 5.91 Å². The SMILES string of the molecule is NC[C@@H]1CN(C(=O)COc2cccc(Cl)c2)C[C@H]1c1ccccc1. The van der Waals surface area contributed by atoms with Crippen LogP contribution in [0.3, 0.4) is 0 Å². The molecule has 2 N–H and O–H groups in total. The fourth-order valence-corrected chi connectivity index (χ4v) is 3.37.